The topological polar surface area (TPSA) is 92.8 Å². The van der Waals surface area contributed by atoms with Crippen LogP contribution in [0.15, 0.2) is 47.4 Å². The standard InChI is InChI=1S/C24H23F5N2O5S/c1-37(34,35)17-4-2-3-13(7-17)23(33)31-10-16(25)9-20(31)22(32)30-21(14-11-36-12-14)18-6-5-15(8-19(18)26)24(27,28)29/h2-8,14,16,20-21H,9-12H2,1H3,(H,30,32)/t16-,20+,21?/m0/s1. The van der Waals surface area contributed by atoms with E-state index in [-0.39, 0.29) is 35.7 Å². The molecule has 1 unspecified atom stereocenters. The van der Waals surface area contributed by atoms with Crippen LogP contribution in [-0.2, 0) is 25.5 Å². The van der Waals surface area contributed by atoms with Crippen molar-refractivity contribution in [3.05, 3.63) is 65.0 Å². The molecule has 37 heavy (non-hydrogen) atoms. The Kier molecular flexibility index (Phi) is 7.30. The van der Waals surface area contributed by atoms with Gasteiger partial charge in [0.2, 0.25) is 5.91 Å². The summed E-state index contributed by atoms with van der Waals surface area (Å²) in [5, 5.41) is 2.57. The van der Waals surface area contributed by atoms with Crippen LogP contribution in [0.2, 0.25) is 0 Å². The summed E-state index contributed by atoms with van der Waals surface area (Å²) >= 11 is 0. The molecule has 2 saturated heterocycles. The third kappa shape index (κ3) is 5.77. The number of halogens is 5. The van der Waals surface area contributed by atoms with Gasteiger partial charge in [-0.3, -0.25) is 9.59 Å². The minimum Gasteiger partial charge on any atom is -0.381 e. The molecule has 13 heteroatoms. The Hall–Kier alpha value is -3.06. The molecule has 2 aliphatic heterocycles. The fraction of sp³-hybridized carbons (Fsp3) is 0.417. The van der Waals surface area contributed by atoms with Gasteiger partial charge in [-0.2, -0.15) is 13.2 Å². The van der Waals surface area contributed by atoms with Gasteiger partial charge >= 0.3 is 6.18 Å². The van der Waals surface area contributed by atoms with Gasteiger partial charge in [-0.05, 0) is 30.3 Å². The Balaban J connectivity index is 1.59. The van der Waals surface area contributed by atoms with E-state index in [9.17, 15) is 40.0 Å². The Bertz CT molecular complexity index is 1310. The molecular formula is C24H23F5N2O5S. The number of benzene rings is 2. The second-order valence-corrected chi connectivity index (χ2v) is 11.1. The van der Waals surface area contributed by atoms with E-state index in [0.717, 1.165) is 23.3 Å². The molecular weight excluding hydrogens is 523 g/mol. The van der Waals surface area contributed by atoms with Crippen molar-refractivity contribution in [2.75, 3.05) is 26.0 Å². The highest BCUT2D eigenvalue weighted by Gasteiger charge is 2.43. The molecule has 2 heterocycles. The Morgan fingerprint density at radius 2 is 1.84 bits per heavy atom. The van der Waals surface area contributed by atoms with E-state index in [1.807, 2.05) is 0 Å². The van der Waals surface area contributed by atoms with Gasteiger partial charge in [0, 0.05) is 29.7 Å². The number of hydrogen-bond donors (Lipinski definition) is 1. The van der Waals surface area contributed by atoms with Crippen LogP contribution in [0.3, 0.4) is 0 Å². The highest BCUT2D eigenvalue weighted by molar-refractivity contribution is 7.90. The number of carbonyl (C=O) groups is 2. The van der Waals surface area contributed by atoms with Gasteiger partial charge in [-0.15, -0.1) is 0 Å². The van der Waals surface area contributed by atoms with Gasteiger partial charge in [0.25, 0.3) is 5.91 Å². The van der Waals surface area contributed by atoms with Crippen LogP contribution in [0.5, 0.6) is 0 Å². The largest absolute Gasteiger partial charge is 0.416 e. The number of carbonyl (C=O) groups excluding carboxylic acids is 2. The van der Waals surface area contributed by atoms with Crippen LogP contribution in [0.1, 0.15) is 33.9 Å². The van der Waals surface area contributed by atoms with Crippen LogP contribution in [-0.4, -0.2) is 63.4 Å². The summed E-state index contributed by atoms with van der Waals surface area (Å²) in [6.45, 7) is -0.197. The zero-order chi connectivity index (χ0) is 27.1. The van der Waals surface area contributed by atoms with Crippen LogP contribution in [0.25, 0.3) is 0 Å². The summed E-state index contributed by atoms with van der Waals surface area (Å²) in [6.07, 6.45) is -5.70. The van der Waals surface area contributed by atoms with E-state index in [4.69, 9.17) is 4.74 Å². The molecule has 4 rings (SSSR count). The first-order valence-corrected chi connectivity index (χ1v) is 13.1. The van der Waals surface area contributed by atoms with Crippen LogP contribution >= 0.6 is 0 Å². The zero-order valence-electron chi connectivity index (χ0n) is 19.5. The lowest BCUT2D eigenvalue weighted by Crippen LogP contribution is -2.50. The number of nitrogens with zero attached hydrogens (tertiary/aromatic N) is 1. The number of rotatable bonds is 6. The van der Waals surface area contributed by atoms with Crippen molar-refractivity contribution in [3.8, 4) is 0 Å². The summed E-state index contributed by atoms with van der Waals surface area (Å²) < 4.78 is 96.9. The molecule has 3 atom stereocenters. The van der Waals surface area contributed by atoms with Crippen LogP contribution in [0.4, 0.5) is 22.0 Å². The second kappa shape index (κ2) is 10.0. The van der Waals surface area contributed by atoms with E-state index >= 15 is 0 Å². The maximum Gasteiger partial charge on any atom is 0.416 e. The van der Waals surface area contributed by atoms with Crippen molar-refractivity contribution in [1.82, 2.24) is 10.2 Å². The quantitative estimate of drug-likeness (QED) is 0.562. The van der Waals surface area contributed by atoms with E-state index in [0.29, 0.717) is 12.1 Å². The molecule has 2 fully saturated rings. The normalized spacial score (nSPS) is 21.4. The maximum atomic E-state index is 14.7. The predicted octanol–water partition coefficient (Wildman–Crippen LogP) is 3.30. The molecule has 0 aromatic heterocycles. The highest BCUT2D eigenvalue weighted by Crippen LogP contribution is 2.35. The van der Waals surface area contributed by atoms with Gasteiger partial charge in [-0.1, -0.05) is 12.1 Å². The summed E-state index contributed by atoms with van der Waals surface area (Å²) in [5.41, 5.74) is -1.44. The van der Waals surface area contributed by atoms with Gasteiger partial charge in [-0.25, -0.2) is 17.2 Å². The number of ether oxygens (including phenoxy) is 1. The van der Waals surface area contributed by atoms with Crippen molar-refractivity contribution in [2.45, 2.75) is 35.7 Å². The maximum absolute atomic E-state index is 14.7. The lowest BCUT2D eigenvalue weighted by molar-refractivity contribution is -0.138. The zero-order valence-corrected chi connectivity index (χ0v) is 20.3. The van der Waals surface area contributed by atoms with Gasteiger partial charge < -0.3 is 15.0 Å². The average Bonchev–Trinajstić information content (AvgIpc) is 3.17. The van der Waals surface area contributed by atoms with Crippen molar-refractivity contribution in [2.24, 2.45) is 5.92 Å². The number of likely N-dealkylation sites (tertiary alicyclic amines) is 1. The number of sulfone groups is 1. The average molecular weight is 547 g/mol. The molecule has 0 bridgehead atoms. The smallest absolute Gasteiger partial charge is 0.381 e. The fourth-order valence-corrected chi connectivity index (χ4v) is 5.05. The minimum absolute atomic E-state index is 0.0625. The van der Waals surface area contributed by atoms with Crippen LogP contribution in [0, 0.1) is 11.7 Å². The molecule has 2 aromatic rings. The SMILES string of the molecule is CS(=O)(=O)c1cccc(C(=O)N2C[C@@H](F)C[C@@H]2C(=O)NC(c2ccc(C(F)(F)F)cc2F)C2COC2)c1. The first-order chi connectivity index (χ1) is 17.3. The monoisotopic (exact) mass is 546 g/mol. The third-order valence-corrected chi connectivity index (χ3v) is 7.53. The molecule has 1 N–H and O–H groups in total. The fourth-order valence-electron chi connectivity index (χ4n) is 4.38. The number of hydrogen-bond acceptors (Lipinski definition) is 5. The summed E-state index contributed by atoms with van der Waals surface area (Å²) in [7, 11) is -3.63. The summed E-state index contributed by atoms with van der Waals surface area (Å²) in [6, 6.07) is 4.71. The van der Waals surface area contributed by atoms with Gasteiger partial charge in [0.15, 0.2) is 9.84 Å². The summed E-state index contributed by atoms with van der Waals surface area (Å²) in [4.78, 5) is 27.2. The minimum atomic E-state index is -4.76. The molecule has 2 amide bonds. The molecule has 0 saturated carbocycles. The van der Waals surface area contributed by atoms with Crippen LogP contribution < -0.4 is 5.32 Å². The lowest BCUT2D eigenvalue weighted by Gasteiger charge is -2.36. The number of amides is 2. The van der Waals surface area contributed by atoms with Crippen molar-refractivity contribution >= 4 is 21.7 Å². The van der Waals surface area contributed by atoms with Crippen molar-refractivity contribution < 1.29 is 44.7 Å². The van der Waals surface area contributed by atoms with E-state index < -0.39 is 69.9 Å². The van der Waals surface area contributed by atoms with Gasteiger partial charge in [0.05, 0.1) is 36.3 Å². The highest BCUT2D eigenvalue weighted by atomic mass is 32.2. The molecule has 2 aromatic carbocycles. The van der Waals surface area contributed by atoms with E-state index in [1.54, 1.807) is 0 Å². The number of nitrogens with one attached hydrogen (secondary N) is 1. The first-order valence-electron chi connectivity index (χ1n) is 11.3. The molecule has 200 valence electrons. The third-order valence-electron chi connectivity index (χ3n) is 6.42. The lowest BCUT2D eigenvalue weighted by atomic mass is 9.90. The predicted molar refractivity (Wildman–Crippen MR) is 120 cm³/mol. The molecule has 7 nitrogen and oxygen atoms in total. The van der Waals surface area contributed by atoms with E-state index in [1.165, 1.54) is 18.2 Å². The molecule has 2 aliphatic rings. The Labute approximate surface area is 209 Å². The molecule has 0 spiro atoms. The molecule has 0 aliphatic carbocycles. The first kappa shape index (κ1) is 27.0. The van der Waals surface area contributed by atoms with E-state index in [2.05, 4.69) is 5.32 Å². The Morgan fingerprint density at radius 1 is 1.14 bits per heavy atom. The summed E-state index contributed by atoms with van der Waals surface area (Å²) in [5.74, 6) is -3.21. The number of alkyl halides is 4. The van der Waals surface area contributed by atoms with Gasteiger partial charge in [0.1, 0.15) is 18.0 Å². The second-order valence-electron chi connectivity index (χ2n) is 9.12. The van der Waals surface area contributed by atoms with Crippen molar-refractivity contribution in [1.29, 1.82) is 0 Å². The van der Waals surface area contributed by atoms with Crippen molar-refractivity contribution in [3.63, 3.8) is 0 Å². The Morgan fingerprint density at radius 3 is 2.41 bits per heavy atom. The molecule has 0 radical (unpaired) electrons.